The van der Waals surface area contributed by atoms with Crippen LogP contribution < -0.4 is 4.90 Å². The molecule has 114 valence electrons. The lowest BCUT2D eigenvalue weighted by Crippen LogP contribution is -2.28. The third kappa shape index (κ3) is 2.93. The van der Waals surface area contributed by atoms with Crippen molar-refractivity contribution in [2.24, 2.45) is 0 Å². The summed E-state index contributed by atoms with van der Waals surface area (Å²) in [5, 5.41) is 0. The van der Waals surface area contributed by atoms with Crippen molar-refractivity contribution in [3.63, 3.8) is 0 Å². The molecular weight excluding hydrogens is 276 g/mol. The molecule has 1 aliphatic rings. The summed E-state index contributed by atoms with van der Waals surface area (Å²) in [7, 11) is 0. The first-order valence-corrected chi connectivity index (χ1v) is 7.73. The van der Waals surface area contributed by atoms with Crippen LogP contribution in [0.25, 0.3) is 0 Å². The van der Waals surface area contributed by atoms with E-state index >= 15 is 0 Å². The van der Waals surface area contributed by atoms with Crippen LogP contribution in [0.15, 0.2) is 42.7 Å². The summed E-state index contributed by atoms with van der Waals surface area (Å²) in [5.41, 5.74) is 1.61. The third-order valence-electron chi connectivity index (χ3n) is 3.90. The molecule has 1 aromatic carbocycles. The second-order valence-electron chi connectivity index (χ2n) is 5.35. The van der Waals surface area contributed by atoms with Crippen LogP contribution in [-0.4, -0.2) is 40.4 Å². The molecule has 2 heterocycles. The highest BCUT2D eigenvalue weighted by atomic mass is 16.2. The summed E-state index contributed by atoms with van der Waals surface area (Å²) in [4.78, 5) is 25.0. The first-order valence-electron chi connectivity index (χ1n) is 7.73. The minimum Gasteiger partial charge on any atom is -0.339 e. The molecule has 2 aromatic rings. The average molecular weight is 296 g/mol. The van der Waals surface area contributed by atoms with Gasteiger partial charge in [-0.1, -0.05) is 18.2 Å². The zero-order chi connectivity index (χ0) is 15.4. The SMILES string of the molecule is CCN(c1ccccc1)c1ncc(C(=O)N2CCCC2)cn1. The van der Waals surface area contributed by atoms with E-state index in [2.05, 4.69) is 16.9 Å². The Bertz CT molecular complexity index is 621. The van der Waals surface area contributed by atoms with Gasteiger partial charge in [0.2, 0.25) is 5.95 Å². The summed E-state index contributed by atoms with van der Waals surface area (Å²) < 4.78 is 0. The molecule has 0 spiro atoms. The van der Waals surface area contributed by atoms with Gasteiger partial charge in [-0.3, -0.25) is 4.79 Å². The van der Waals surface area contributed by atoms with Gasteiger partial charge in [0.25, 0.3) is 5.91 Å². The maximum Gasteiger partial charge on any atom is 0.256 e. The highest BCUT2D eigenvalue weighted by Gasteiger charge is 2.20. The molecule has 0 bridgehead atoms. The van der Waals surface area contributed by atoms with E-state index in [0.717, 1.165) is 38.2 Å². The summed E-state index contributed by atoms with van der Waals surface area (Å²) in [6, 6.07) is 10.0. The molecule has 0 saturated carbocycles. The highest BCUT2D eigenvalue weighted by molar-refractivity contribution is 5.93. The number of hydrogen-bond acceptors (Lipinski definition) is 4. The lowest BCUT2D eigenvalue weighted by molar-refractivity contribution is 0.0792. The fourth-order valence-electron chi connectivity index (χ4n) is 2.72. The Hall–Kier alpha value is -2.43. The van der Waals surface area contributed by atoms with Gasteiger partial charge in [0.15, 0.2) is 0 Å². The Morgan fingerprint density at radius 3 is 2.36 bits per heavy atom. The fourth-order valence-corrected chi connectivity index (χ4v) is 2.72. The number of carbonyl (C=O) groups is 1. The van der Waals surface area contributed by atoms with E-state index in [0.29, 0.717) is 11.5 Å². The average Bonchev–Trinajstić information content (AvgIpc) is 3.11. The first-order chi connectivity index (χ1) is 10.8. The van der Waals surface area contributed by atoms with E-state index in [-0.39, 0.29) is 5.91 Å². The van der Waals surface area contributed by atoms with Crippen molar-refractivity contribution in [3.8, 4) is 0 Å². The quantitative estimate of drug-likeness (QED) is 0.870. The van der Waals surface area contributed by atoms with E-state index in [1.165, 1.54) is 0 Å². The Kier molecular flexibility index (Phi) is 4.32. The molecule has 0 unspecified atom stereocenters. The molecule has 0 N–H and O–H groups in total. The van der Waals surface area contributed by atoms with Crippen molar-refractivity contribution in [3.05, 3.63) is 48.3 Å². The maximum atomic E-state index is 12.3. The number of nitrogens with zero attached hydrogens (tertiary/aromatic N) is 4. The molecule has 1 aliphatic heterocycles. The summed E-state index contributed by atoms with van der Waals surface area (Å²) in [6.07, 6.45) is 5.44. The Morgan fingerprint density at radius 1 is 1.14 bits per heavy atom. The zero-order valence-corrected chi connectivity index (χ0v) is 12.8. The van der Waals surface area contributed by atoms with Crippen LogP contribution in [-0.2, 0) is 0 Å². The van der Waals surface area contributed by atoms with Crippen LogP contribution in [0.3, 0.4) is 0 Å². The normalized spacial score (nSPS) is 14.1. The molecule has 5 nitrogen and oxygen atoms in total. The van der Waals surface area contributed by atoms with Crippen molar-refractivity contribution >= 4 is 17.5 Å². The molecule has 0 atom stereocenters. The number of para-hydroxylation sites is 1. The topological polar surface area (TPSA) is 49.3 Å². The standard InChI is InChI=1S/C17H20N4O/c1-2-21(15-8-4-3-5-9-15)17-18-12-14(13-19-17)16(22)20-10-6-7-11-20/h3-5,8-9,12-13H,2,6-7,10-11H2,1H3. The van der Waals surface area contributed by atoms with Crippen molar-refractivity contribution in [2.75, 3.05) is 24.5 Å². The molecule has 5 heteroatoms. The monoisotopic (exact) mass is 296 g/mol. The van der Waals surface area contributed by atoms with Gasteiger partial charge in [-0.15, -0.1) is 0 Å². The molecular formula is C17H20N4O. The van der Waals surface area contributed by atoms with E-state index in [4.69, 9.17) is 0 Å². The van der Waals surface area contributed by atoms with Crippen LogP contribution in [0, 0.1) is 0 Å². The molecule has 1 aromatic heterocycles. The lowest BCUT2D eigenvalue weighted by Gasteiger charge is -2.21. The Morgan fingerprint density at radius 2 is 1.77 bits per heavy atom. The summed E-state index contributed by atoms with van der Waals surface area (Å²) >= 11 is 0. The second kappa shape index (κ2) is 6.56. The van der Waals surface area contributed by atoms with E-state index in [1.54, 1.807) is 12.4 Å². The molecule has 1 fully saturated rings. The van der Waals surface area contributed by atoms with E-state index < -0.39 is 0 Å². The van der Waals surface area contributed by atoms with Gasteiger partial charge < -0.3 is 9.80 Å². The molecule has 1 amide bonds. The molecule has 22 heavy (non-hydrogen) atoms. The number of amides is 1. The third-order valence-corrected chi connectivity index (χ3v) is 3.90. The minimum absolute atomic E-state index is 0.0341. The molecule has 0 radical (unpaired) electrons. The number of aromatic nitrogens is 2. The van der Waals surface area contributed by atoms with Crippen LogP contribution >= 0.6 is 0 Å². The Balaban J connectivity index is 1.79. The van der Waals surface area contributed by atoms with Crippen molar-refractivity contribution in [1.82, 2.24) is 14.9 Å². The van der Waals surface area contributed by atoms with Gasteiger partial charge in [-0.2, -0.15) is 0 Å². The van der Waals surface area contributed by atoms with E-state index in [9.17, 15) is 4.79 Å². The van der Waals surface area contributed by atoms with Crippen LogP contribution in [0.4, 0.5) is 11.6 Å². The van der Waals surface area contributed by atoms with Crippen LogP contribution in [0.2, 0.25) is 0 Å². The number of benzene rings is 1. The van der Waals surface area contributed by atoms with Gasteiger partial charge in [0.05, 0.1) is 5.56 Å². The predicted molar refractivity (Wildman–Crippen MR) is 86.3 cm³/mol. The first kappa shape index (κ1) is 14.5. The number of carbonyl (C=O) groups excluding carboxylic acids is 1. The van der Waals surface area contributed by atoms with Gasteiger partial charge in [-0.25, -0.2) is 9.97 Å². The van der Waals surface area contributed by atoms with Crippen LogP contribution in [0.1, 0.15) is 30.1 Å². The lowest BCUT2D eigenvalue weighted by atomic mass is 10.3. The number of likely N-dealkylation sites (tertiary alicyclic amines) is 1. The number of rotatable bonds is 4. The molecule has 3 rings (SSSR count). The number of anilines is 2. The van der Waals surface area contributed by atoms with Gasteiger partial charge in [-0.05, 0) is 31.9 Å². The minimum atomic E-state index is 0.0341. The number of hydrogen-bond donors (Lipinski definition) is 0. The maximum absolute atomic E-state index is 12.3. The summed E-state index contributed by atoms with van der Waals surface area (Å²) in [5.74, 6) is 0.651. The van der Waals surface area contributed by atoms with E-state index in [1.807, 2.05) is 40.1 Å². The van der Waals surface area contributed by atoms with Crippen molar-refractivity contribution in [2.45, 2.75) is 19.8 Å². The largest absolute Gasteiger partial charge is 0.339 e. The predicted octanol–water partition coefficient (Wildman–Crippen LogP) is 2.87. The van der Waals surface area contributed by atoms with Gasteiger partial charge in [0.1, 0.15) is 0 Å². The highest BCUT2D eigenvalue weighted by Crippen LogP contribution is 2.21. The van der Waals surface area contributed by atoms with Crippen molar-refractivity contribution in [1.29, 1.82) is 0 Å². The second-order valence-corrected chi connectivity index (χ2v) is 5.35. The van der Waals surface area contributed by atoms with Crippen molar-refractivity contribution < 1.29 is 4.79 Å². The summed E-state index contributed by atoms with van der Waals surface area (Å²) in [6.45, 7) is 4.50. The Labute approximate surface area is 130 Å². The molecule has 1 saturated heterocycles. The smallest absolute Gasteiger partial charge is 0.256 e. The van der Waals surface area contributed by atoms with Gasteiger partial charge in [0, 0.05) is 37.7 Å². The fraction of sp³-hybridized carbons (Fsp3) is 0.353. The molecule has 0 aliphatic carbocycles. The van der Waals surface area contributed by atoms with Crippen LogP contribution in [0.5, 0.6) is 0 Å². The zero-order valence-electron chi connectivity index (χ0n) is 12.8. The van der Waals surface area contributed by atoms with Gasteiger partial charge >= 0.3 is 0 Å².